The van der Waals surface area contributed by atoms with Gasteiger partial charge in [-0.15, -0.1) is 0 Å². The molecule has 2 rings (SSSR count). The van der Waals surface area contributed by atoms with Crippen LogP contribution in [-0.2, 0) is 4.79 Å². The van der Waals surface area contributed by atoms with Crippen LogP contribution in [-0.4, -0.2) is 23.9 Å². The standard InChI is InChI=1S/C13H16BrNO/c1-10(16)15-7-3-5-12(9-15)11-4-2-6-13(14)8-11/h2,4,6,8,12H,3,5,7,9H2,1H3. The molecule has 0 saturated carbocycles. The molecule has 1 saturated heterocycles. The second-order valence-electron chi connectivity index (χ2n) is 4.36. The molecule has 86 valence electrons. The zero-order chi connectivity index (χ0) is 11.5. The first-order valence-corrected chi connectivity index (χ1v) is 6.47. The number of halogens is 1. The summed E-state index contributed by atoms with van der Waals surface area (Å²) in [5.74, 6) is 0.690. The molecular weight excluding hydrogens is 266 g/mol. The molecule has 1 heterocycles. The van der Waals surface area contributed by atoms with Crippen LogP contribution in [0.1, 0.15) is 31.2 Å². The van der Waals surface area contributed by atoms with Crippen LogP contribution >= 0.6 is 15.9 Å². The minimum atomic E-state index is 0.194. The van der Waals surface area contributed by atoms with Crippen molar-refractivity contribution in [2.24, 2.45) is 0 Å². The summed E-state index contributed by atoms with van der Waals surface area (Å²) in [5, 5.41) is 0. The van der Waals surface area contributed by atoms with E-state index in [2.05, 4.69) is 34.1 Å². The maximum absolute atomic E-state index is 11.4. The molecule has 3 heteroatoms. The SMILES string of the molecule is CC(=O)N1CCCC(c2cccc(Br)c2)C1. The van der Waals surface area contributed by atoms with Crippen molar-refractivity contribution in [3.8, 4) is 0 Å². The maximum Gasteiger partial charge on any atom is 0.219 e. The average Bonchev–Trinajstić information content (AvgIpc) is 2.29. The molecule has 1 aromatic carbocycles. The monoisotopic (exact) mass is 281 g/mol. The van der Waals surface area contributed by atoms with E-state index in [0.29, 0.717) is 5.92 Å². The van der Waals surface area contributed by atoms with Gasteiger partial charge in [0.25, 0.3) is 0 Å². The van der Waals surface area contributed by atoms with E-state index in [-0.39, 0.29) is 5.91 Å². The fourth-order valence-electron chi connectivity index (χ4n) is 2.30. The Labute approximate surface area is 105 Å². The van der Waals surface area contributed by atoms with E-state index in [1.165, 1.54) is 12.0 Å². The number of hydrogen-bond acceptors (Lipinski definition) is 1. The third kappa shape index (κ3) is 2.64. The predicted octanol–water partition coefficient (Wildman–Crippen LogP) is 3.18. The highest BCUT2D eigenvalue weighted by molar-refractivity contribution is 9.10. The summed E-state index contributed by atoms with van der Waals surface area (Å²) < 4.78 is 1.12. The Bertz CT molecular complexity index is 391. The van der Waals surface area contributed by atoms with Gasteiger partial charge in [-0.3, -0.25) is 4.79 Å². The Balaban J connectivity index is 2.12. The summed E-state index contributed by atoms with van der Waals surface area (Å²) in [6.45, 7) is 3.44. The van der Waals surface area contributed by atoms with Crippen LogP contribution in [0.2, 0.25) is 0 Å². The van der Waals surface area contributed by atoms with Crippen LogP contribution in [0.4, 0.5) is 0 Å². The quantitative estimate of drug-likeness (QED) is 0.774. The topological polar surface area (TPSA) is 20.3 Å². The normalized spacial score (nSPS) is 20.9. The van der Waals surface area contributed by atoms with Crippen LogP contribution < -0.4 is 0 Å². The molecule has 0 N–H and O–H groups in total. The van der Waals surface area contributed by atoms with E-state index >= 15 is 0 Å². The maximum atomic E-state index is 11.4. The molecule has 1 aliphatic heterocycles. The van der Waals surface area contributed by atoms with Gasteiger partial charge in [0.05, 0.1) is 0 Å². The molecule has 1 aliphatic rings. The molecule has 1 unspecified atom stereocenters. The number of likely N-dealkylation sites (tertiary alicyclic amines) is 1. The molecule has 2 nitrogen and oxygen atoms in total. The number of amides is 1. The second kappa shape index (κ2) is 5.00. The van der Waals surface area contributed by atoms with Gasteiger partial charge in [-0.2, -0.15) is 0 Å². The first kappa shape index (κ1) is 11.6. The van der Waals surface area contributed by atoms with Gasteiger partial charge < -0.3 is 4.90 Å². The van der Waals surface area contributed by atoms with Crippen molar-refractivity contribution in [3.05, 3.63) is 34.3 Å². The average molecular weight is 282 g/mol. The highest BCUT2D eigenvalue weighted by atomic mass is 79.9. The van der Waals surface area contributed by atoms with Crippen molar-refractivity contribution in [3.63, 3.8) is 0 Å². The van der Waals surface area contributed by atoms with Gasteiger partial charge in [-0.05, 0) is 30.5 Å². The Morgan fingerprint density at radius 3 is 3.00 bits per heavy atom. The number of benzene rings is 1. The summed E-state index contributed by atoms with van der Waals surface area (Å²) >= 11 is 3.49. The third-order valence-corrected chi connectivity index (χ3v) is 3.68. The summed E-state index contributed by atoms with van der Waals surface area (Å²) in [6, 6.07) is 8.41. The lowest BCUT2D eigenvalue weighted by Gasteiger charge is -2.32. The number of carbonyl (C=O) groups excluding carboxylic acids is 1. The molecule has 0 aromatic heterocycles. The fraction of sp³-hybridized carbons (Fsp3) is 0.462. The molecule has 0 bridgehead atoms. The number of rotatable bonds is 1. The van der Waals surface area contributed by atoms with E-state index in [1.54, 1.807) is 6.92 Å². The van der Waals surface area contributed by atoms with E-state index in [4.69, 9.17) is 0 Å². The Morgan fingerprint density at radius 2 is 2.31 bits per heavy atom. The van der Waals surface area contributed by atoms with Gasteiger partial charge in [-0.25, -0.2) is 0 Å². The molecule has 1 aromatic rings. The van der Waals surface area contributed by atoms with E-state index in [9.17, 15) is 4.79 Å². The van der Waals surface area contributed by atoms with Crippen molar-refractivity contribution in [1.82, 2.24) is 4.90 Å². The van der Waals surface area contributed by atoms with Gasteiger partial charge in [-0.1, -0.05) is 28.1 Å². The Hall–Kier alpha value is -0.830. The first-order chi connectivity index (χ1) is 7.66. The predicted molar refractivity (Wildman–Crippen MR) is 68.4 cm³/mol. The highest BCUT2D eigenvalue weighted by Crippen LogP contribution is 2.28. The summed E-state index contributed by atoms with van der Waals surface area (Å²) in [6.07, 6.45) is 2.29. The molecule has 0 aliphatic carbocycles. The van der Waals surface area contributed by atoms with Crippen LogP contribution in [0.5, 0.6) is 0 Å². The fourth-order valence-corrected chi connectivity index (χ4v) is 2.71. The van der Waals surface area contributed by atoms with Crippen molar-refractivity contribution >= 4 is 21.8 Å². The summed E-state index contributed by atoms with van der Waals surface area (Å²) in [4.78, 5) is 13.3. The minimum absolute atomic E-state index is 0.194. The lowest BCUT2D eigenvalue weighted by molar-refractivity contribution is -0.130. The first-order valence-electron chi connectivity index (χ1n) is 5.68. The van der Waals surface area contributed by atoms with Crippen LogP contribution in [0.3, 0.4) is 0 Å². The van der Waals surface area contributed by atoms with Crippen LogP contribution in [0.25, 0.3) is 0 Å². The van der Waals surface area contributed by atoms with Crippen LogP contribution in [0, 0.1) is 0 Å². The number of carbonyl (C=O) groups is 1. The number of hydrogen-bond donors (Lipinski definition) is 0. The molecule has 1 atom stereocenters. The smallest absolute Gasteiger partial charge is 0.219 e. The van der Waals surface area contributed by atoms with Crippen molar-refractivity contribution < 1.29 is 4.79 Å². The minimum Gasteiger partial charge on any atom is -0.342 e. The van der Waals surface area contributed by atoms with E-state index in [1.807, 2.05) is 11.0 Å². The largest absolute Gasteiger partial charge is 0.342 e. The van der Waals surface area contributed by atoms with Gasteiger partial charge in [0.2, 0.25) is 5.91 Å². The van der Waals surface area contributed by atoms with Crippen molar-refractivity contribution in [1.29, 1.82) is 0 Å². The molecular formula is C13H16BrNO. The summed E-state index contributed by atoms with van der Waals surface area (Å²) in [5.41, 5.74) is 1.33. The Kier molecular flexibility index (Phi) is 3.64. The van der Waals surface area contributed by atoms with Crippen LogP contribution in [0.15, 0.2) is 28.7 Å². The zero-order valence-electron chi connectivity index (χ0n) is 9.45. The van der Waals surface area contributed by atoms with Crippen molar-refractivity contribution in [2.45, 2.75) is 25.7 Å². The summed E-state index contributed by atoms with van der Waals surface area (Å²) in [7, 11) is 0. The van der Waals surface area contributed by atoms with E-state index in [0.717, 1.165) is 24.0 Å². The zero-order valence-corrected chi connectivity index (χ0v) is 11.0. The molecule has 0 radical (unpaired) electrons. The number of nitrogens with zero attached hydrogens (tertiary/aromatic N) is 1. The third-order valence-electron chi connectivity index (χ3n) is 3.19. The van der Waals surface area contributed by atoms with E-state index < -0.39 is 0 Å². The van der Waals surface area contributed by atoms with Crippen molar-refractivity contribution in [2.75, 3.05) is 13.1 Å². The van der Waals surface area contributed by atoms with Gasteiger partial charge in [0.1, 0.15) is 0 Å². The highest BCUT2D eigenvalue weighted by Gasteiger charge is 2.22. The van der Waals surface area contributed by atoms with Gasteiger partial charge in [0.15, 0.2) is 0 Å². The lowest BCUT2D eigenvalue weighted by atomic mass is 9.91. The molecule has 16 heavy (non-hydrogen) atoms. The molecule has 1 fully saturated rings. The Morgan fingerprint density at radius 1 is 1.50 bits per heavy atom. The lowest BCUT2D eigenvalue weighted by Crippen LogP contribution is -2.37. The molecule has 1 amide bonds. The molecule has 0 spiro atoms. The second-order valence-corrected chi connectivity index (χ2v) is 5.27. The van der Waals surface area contributed by atoms with Gasteiger partial charge >= 0.3 is 0 Å². The number of piperidine rings is 1. The van der Waals surface area contributed by atoms with Gasteiger partial charge in [0, 0.05) is 30.4 Å².